The Bertz CT molecular complexity index is 995. The summed E-state index contributed by atoms with van der Waals surface area (Å²) in [7, 11) is 1.96. The first-order valence-corrected chi connectivity index (χ1v) is 9.69. The van der Waals surface area contributed by atoms with E-state index in [-0.39, 0.29) is 5.78 Å². The molecule has 0 amide bonds. The highest BCUT2D eigenvalue weighted by molar-refractivity contribution is 5.94. The number of aromatic nitrogens is 5. The van der Waals surface area contributed by atoms with Gasteiger partial charge in [0.2, 0.25) is 0 Å². The van der Waals surface area contributed by atoms with Crippen molar-refractivity contribution in [3.63, 3.8) is 0 Å². The normalized spacial score (nSPS) is 19.3. The molecule has 1 aliphatic carbocycles. The zero-order valence-corrected chi connectivity index (χ0v) is 15.7. The maximum atomic E-state index is 12.5. The zero-order valence-electron chi connectivity index (χ0n) is 15.7. The minimum Gasteiger partial charge on any atom is -0.296 e. The Morgan fingerprint density at radius 3 is 2.89 bits per heavy atom. The summed E-state index contributed by atoms with van der Waals surface area (Å²) in [6, 6.07) is 7.36. The number of hydrogen-bond acceptors (Lipinski definition) is 5. The van der Waals surface area contributed by atoms with Gasteiger partial charge >= 0.3 is 0 Å². The van der Waals surface area contributed by atoms with E-state index in [4.69, 9.17) is 0 Å². The number of nitrogens with zero attached hydrogens (tertiary/aromatic N) is 6. The van der Waals surface area contributed by atoms with E-state index in [9.17, 15) is 4.79 Å². The molecule has 0 spiro atoms. The van der Waals surface area contributed by atoms with E-state index in [0.717, 1.165) is 31.4 Å². The molecule has 5 rings (SSSR count). The molecule has 2 fully saturated rings. The number of fused-ring (bicyclic) bond motifs is 1. The molecule has 1 aromatic carbocycles. The fourth-order valence-corrected chi connectivity index (χ4v) is 4.00. The van der Waals surface area contributed by atoms with Crippen molar-refractivity contribution in [1.82, 2.24) is 29.7 Å². The van der Waals surface area contributed by atoms with Gasteiger partial charge in [0.05, 0.1) is 24.0 Å². The van der Waals surface area contributed by atoms with Gasteiger partial charge in [-0.3, -0.25) is 14.4 Å². The molecule has 1 saturated carbocycles. The monoisotopic (exact) mass is 364 g/mol. The van der Waals surface area contributed by atoms with Gasteiger partial charge in [-0.15, -0.1) is 5.10 Å². The SMILES string of the molecule is CC(c1ccc2c(cnn2C)c1)N1CC(CC(=O)c2cn(C3CC3)nn2)C1. The van der Waals surface area contributed by atoms with E-state index in [1.165, 1.54) is 10.9 Å². The second kappa shape index (κ2) is 6.27. The van der Waals surface area contributed by atoms with Crippen LogP contribution in [0.25, 0.3) is 10.9 Å². The molecule has 0 bridgehead atoms. The van der Waals surface area contributed by atoms with Crippen LogP contribution in [-0.4, -0.2) is 48.5 Å². The van der Waals surface area contributed by atoms with Crippen molar-refractivity contribution in [2.24, 2.45) is 13.0 Å². The number of aryl methyl sites for hydroxylation is 1. The average Bonchev–Trinajstić information content (AvgIpc) is 3.25. The Morgan fingerprint density at radius 1 is 1.30 bits per heavy atom. The highest BCUT2D eigenvalue weighted by atomic mass is 16.1. The largest absolute Gasteiger partial charge is 0.296 e. The van der Waals surface area contributed by atoms with Gasteiger partial charge in [-0.05, 0) is 43.4 Å². The highest BCUT2D eigenvalue weighted by Crippen LogP contribution is 2.34. The van der Waals surface area contributed by atoms with Crippen LogP contribution in [0.2, 0.25) is 0 Å². The average molecular weight is 364 g/mol. The van der Waals surface area contributed by atoms with Gasteiger partial charge in [-0.1, -0.05) is 11.3 Å². The first kappa shape index (κ1) is 16.6. The molecule has 2 aromatic heterocycles. The van der Waals surface area contributed by atoms with Gasteiger partial charge in [0.25, 0.3) is 0 Å². The third kappa shape index (κ3) is 3.06. The highest BCUT2D eigenvalue weighted by Gasteiger charge is 2.33. The molecule has 3 heterocycles. The minimum atomic E-state index is 0.121. The van der Waals surface area contributed by atoms with Crippen molar-refractivity contribution >= 4 is 16.7 Å². The van der Waals surface area contributed by atoms with Crippen LogP contribution in [0.1, 0.15) is 54.3 Å². The molecule has 0 N–H and O–H groups in total. The summed E-state index contributed by atoms with van der Waals surface area (Å²) in [5.41, 5.74) is 2.97. The lowest BCUT2D eigenvalue weighted by molar-refractivity contribution is 0.0502. The van der Waals surface area contributed by atoms with E-state index >= 15 is 0 Å². The van der Waals surface area contributed by atoms with E-state index < -0.39 is 0 Å². The second-order valence-corrected chi connectivity index (χ2v) is 8.02. The van der Waals surface area contributed by atoms with Crippen molar-refractivity contribution in [2.45, 2.75) is 38.3 Å². The third-order valence-corrected chi connectivity index (χ3v) is 5.98. The predicted molar refractivity (Wildman–Crippen MR) is 101 cm³/mol. The first-order valence-electron chi connectivity index (χ1n) is 9.69. The lowest BCUT2D eigenvalue weighted by Gasteiger charge is -2.43. The van der Waals surface area contributed by atoms with Gasteiger partial charge in [0.1, 0.15) is 5.69 Å². The smallest absolute Gasteiger partial charge is 0.185 e. The summed E-state index contributed by atoms with van der Waals surface area (Å²) in [6.07, 6.45) is 6.60. The third-order valence-electron chi connectivity index (χ3n) is 5.98. The molecule has 7 nitrogen and oxygen atoms in total. The Balaban J connectivity index is 1.18. The topological polar surface area (TPSA) is 68.8 Å². The predicted octanol–water partition coefficient (Wildman–Crippen LogP) is 2.77. The summed E-state index contributed by atoms with van der Waals surface area (Å²) >= 11 is 0. The molecular formula is C20H24N6O. The van der Waals surface area contributed by atoms with Gasteiger partial charge < -0.3 is 0 Å². The van der Waals surface area contributed by atoms with E-state index in [0.29, 0.717) is 30.1 Å². The van der Waals surface area contributed by atoms with Crippen molar-refractivity contribution in [3.05, 3.63) is 41.9 Å². The van der Waals surface area contributed by atoms with Gasteiger partial charge in [-0.2, -0.15) is 5.10 Å². The first-order chi connectivity index (χ1) is 13.1. The van der Waals surface area contributed by atoms with Crippen molar-refractivity contribution < 1.29 is 4.79 Å². The van der Waals surface area contributed by atoms with Crippen LogP contribution in [0.15, 0.2) is 30.6 Å². The Hall–Kier alpha value is -2.54. The molecule has 140 valence electrons. The minimum absolute atomic E-state index is 0.121. The molecule has 7 heteroatoms. The number of carbonyl (C=O) groups is 1. The lowest BCUT2D eigenvalue weighted by atomic mass is 9.90. The summed E-state index contributed by atoms with van der Waals surface area (Å²) in [6.45, 7) is 4.14. The molecule has 2 aliphatic rings. The molecule has 0 radical (unpaired) electrons. The van der Waals surface area contributed by atoms with Crippen LogP contribution in [0.3, 0.4) is 0 Å². The maximum Gasteiger partial charge on any atom is 0.185 e. The van der Waals surface area contributed by atoms with Gasteiger partial charge in [-0.25, -0.2) is 4.68 Å². The Labute approximate surface area is 157 Å². The number of rotatable bonds is 6. The molecule has 1 unspecified atom stereocenters. The molecule has 1 aliphatic heterocycles. The van der Waals surface area contributed by atoms with Crippen LogP contribution < -0.4 is 0 Å². The van der Waals surface area contributed by atoms with Gasteiger partial charge in [0.15, 0.2) is 5.78 Å². The van der Waals surface area contributed by atoms with Crippen LogP contribution in [0.5, 0.6) is 0 Å². The van der Waals surface area contributed by atoms with Gasteiger partial charge in [0, 0.05) is 38.0 Å². The number of Topliss-reactive ketones (excluding diaryl/α,β-unsaturated/α-hetero) is 1. The fraction of sp³-hybridized carbons (Fsp3) is 0.500. The standard InChI is InChI=1S/C20H24N6O/c1-13(15-3-6-19-16(8-15)9-21-24(19)2)25-10-14(11-25)7-20(27)18-12-26(23-22-18)17-4-5-17/h3,6,8-9,12-14,17H,4-5,7,10-11H2,1-2H3. The van der Waals surface area contributed by atoms with Crippen molar-refractivity contribution in [2.75, 3.05) is 13.1 Å². The van der Waals surface area contributed by atoms with E-state index in [2.05, 4.69) is 45.4 Å². The maximum absolute atomic E-state index is 12.5. The zero-order chi connectivity index (χ0) is 18.5. The molecule has 1 saturated heterocycles. The van der Waals surface area contributed by atoms with Crippen LogP contribution in [0, 0.1) is 5.92 Å². The fourth-order valence-electron chi connectivity index (χ4n) is 4.00. The number of likely N-dealkylation sites (tertiary alicyclic amines) is 1. The molecular weight excluding hydrogens is 340 g/mol. The lowest BCUT2D eigenvalue weighted by Crippen LogP contribution is -2.48. The van der Waals surface area contributed by atoms with Crippen LogP contribution in [0.4, 0.5) is 0 Å². The Kier molecular flexibility index (Phi) is 3.86. The number of hydrogen-bond donors (Lipinski definition) is 0. The van der Waals surface area contributed by atoms with Crippen LogP contribution in [-0.2, 0) is 7.05 Å². The quantitative estimate of drug-likeness (QED) is 0.629. The number of carbonyl (C=O) groups excluding carboxylic acids is 1. The number of benzene rings is 1. The summed E-state index contributed by atoms with van der Waals surface area (Å²) in [5, 5.41) is 13.6. The van der Waals surface area contributed by atoms with E-state index in [1.807, 2.05) is 28.8 Å². The summed E-state index contributed by atoms with van der Waals surface area (Å²) in [5.74, 6) is 0.532. The summed E-state index contributed by atoms with van der Waals surface area (Å²) < 4.78 is 3.74. The van der Waals surface area contributed by atoms with E-state index in [1.54, 1.807) is 0 Å². The molecule has 1 atom stereocenters. The van der Waals surface area contributed by atoms with Crippen LogP contribution >= 0.6 is 0 Å². The second-order valence-electron chi connectivity index (χ2n) is 8.02. The van der Waals surface area contributed by atoms with Crippen molar-refractivity contribution in [3.8, 4) is 0 Å². The number of ketones is 1. The van der Waals surface area contributed by atoms with Crippen molar-refractivity contribution in [1.29, 1.82) is 0 Å². The Morgan fingerprint density at radius 2 is 2.11 bits per heavy atom. The molecule has 27 heavy (non-hydrogen) atoms. The molecule has 3 aromatic rings. The summed E-state index contributed by atoms with van der Waals surface area (Å²) in [4.78, 5) is 14.9.